The highest BCUT2D eigenvalue weighted by molar-refractivity contribution is 5.79. The largest absolute Gasteiger partial charge is 0.480 e. The van der Waals surface area contributed by atoms with Gasteiger partial charge < -0.3 is 10.8 Å². The van der Waals surface area contributed by atoms with Crippen molar-refractivity contribution >= 4 is 5.97 Å². The summed E-state index contributed by atoms with van der Waals surface area (Å²) in [5.74, 6) is -0.880. The number of carbonyl (C=O) groups is 1. The quantitative estimate of drug-likeness (QED) is 0.876. The first-order valence-corrected chi connectivity index (χ1v) is 7.69. The number of likely N-dealkylation sites (tertiary alicyclic amines) is 1. The molecule has 0 aromatic heterocycles. The van der Waals surface area contributed by atoms with Crippen LogP contribution in [0.3, 0.4) is 0 Å². The van der Waals surface area contributed by atoms with Crippen LogP contribution in [-0.4, -0.2) is 34.6 Å². The molecule has 1 aliphatic heterocycles. The molecule has 1 saturated heterocycles. The van der Waals surface area contributed by atoms with E-state index in [0.717, 1.165) is 19.4 Å². The first kappa shape index (κ1) is 14.5. The molecule has 0 spiro atoms. The number of aliphatic carboxylic acids is 1. The van der Waals surface area contributed by atoms with Gasteiger partial charge in [0.15, 0.2) is 0 Å². The van der Waals surface area contributed by atoms with E-state index in [2.05, 4.69) is 43.0 Å². The summed E-state index contributed by atoms with van der Waals surface area (Å²) in [6.07, 6.45) is 2.72. The van der Waals surface area contributed by atoms with Crippen molar-refractivity contribution in [3.63, 3.8) is 0 Å². The average Bonchev–Trinajstić information content (AvgIpc) is 2.83. The number of rotatable bonds is 2. The monoisotopic (exact) mass is 288 g/mol. The van der Waals surface area contributed by atoms with E-state index in [-0.39, 0.29) is 5.41 Å². The van der Waals surface area contributed by atoms with Crippen LogP contribution in [0, 0.1) is 0 Å². The van der Waals surface area contributed by atoms with E-state index in [1.807, 2.05) is 0 Å². The van der Waals surface area contributed by atoms with Crippen LogP contribution in [0.25, 0.3) is 0 Å². The smallest absolute Gasteiger partial charge is 0.325 e. The minimum Gasteiger partial charge on any atom is -0.480 e. The lowest BCUT2D eigenvalue weighted by atomic mass is 9.70. The van der Waals surface area contributed by atoms with Crippen molar-refractivity contribution < 1.29 is 9.90 Å². The van der Waals surface area contributed by atoms with Crippen LogP contribution in [-0.2, 0) is 10.2 Å². The number of hydrogen-bond acceptors (Lipinski definition) is 3. The fourth-order valence-electron chi connectivity index (χ4n) is 3.88. The summed E-state index contributed by atoms with van der Waals surface area (Å²) in [6, 6.07) is 8.88. The Labute approximate surface area is 125 Å². The second-order valence-electron chi connectivity index (χ2n) is 7.21. The molecule has 1 heterocycles. The summed E-state index contributed by atoms with van der Waals surface area (Å²) in [6.45, 7) is 5.79. The Morgan fingerprint density at radius 1 is 1.33 bits per heavy atom. The number of benzene rings is 1. The number of carboxylic acids is 1. The molecule has 1 aromatic rings. The van der Waals surface area contributed by atoms with Crippen molar-refractivity contribution in [2.24, 2.45) is 5.73 Å². The number of hydrogen-bond donors (Lipinski definition) is 2. The SMILES string of the molecule is CC1(C)CCC(N2CCC(N)(C(=O)O)C2)c2ccccc21. The molecule has 3 N–H and O–H groups in total. The third-order valence-electron chi connectivity index (χ3n) is 5.29. The van der Waals surface area contributed by atoms with Gasteiger partial charge in [0.1, 0.15) is 5.54 Å². The van der Waals surface area contributed by atoms with Crippen LogP contribution >= 0.6 is 0 Å². The normalized spacial score (nSPS) is 31.9. The molecule has 1 fully saturated rings. The van der Waals surface area contributed by atoms with Gasteiger partial charge in [0, 0.05) is 19.1 Å². The lowest BCUT2D eigenvalue weighted by molar-refractivity contribution is -0.142. The zero-order chi connectivity index (χ0) is 15.3. The van der Waals surface area contributed by atoms with E-state index in [0.29, 0.717) is 19.0 Å². The van der Waals surface area contributed by atoms with Crippen LogP contribution in [0.5, 0.6) is 0 Å². The molecule has 21 heavy (non-hydrogen) atoms. The lowest BCUT2D eigenvalue weighted by Crippen LogP contribution is -2.50. The molecule has 2 aliphatic rings. The molecule has 0 radical (unpaired) electrons. The molecule has 1 aromatic carbocycles. The van der Waals surface area contributed by atoms with Crippen LogP contribution in [0.4, 0.5) is 0 Å². The van der Waals surface area contributed by atoms with Gasteiger partial charge in [0.2, 0.25) is 0 Å². The number of nitrogens with zero attached hydrogens (tertiary/aromatic N) is 1. The molecule has 2 unspecified atom stereocenters. The first-order chi connectivity index (χ1) is 9.83. The van der Waals surface area contributed by atoms with Gasteiger partial charge in [-0.05, 0) is 35.8 Å². The van der Waals surface area contributed by atoms with Crippen molar-refractivity contribution in [3.8, 4) is 0 Å². The van der Waals surface area contributed by atoms with E-state index in [1.54, 1.807) is 0 Å². The zero-order valence-corrected chi connectivity index (χ0v) is 12.8. The van der Waals surface area contributed by atoms with Crippen LogP contribution in [0.1, 0.15) is 50.3 Å². The Bertz CT molecular complexity index is 570. The molecule has 0 saturated carbocycles. The van der Waals surface area contributed by atoms with Gasteiger partial charge in [0.05, 0.1) is 0 Å². The fraction of sp³-hybridized carbons (Fsp3) is 0.588. The van der Waals surface area contributed by atoms with Gasteiger partial charge >= 0.3 is 5.97 Å². The van der Waals surface area contributed by atoms with Gasteiger partial charge in [-0.15, -0.1) is 0 Å². The molecule has 0 bridgehead atoms. The zero-order valence-electron chi connectivity index (χ0n) is 12.8. The third-order valence-corrected chi connectivity index (χ3v) is 5.29. The molecular formula is C17H24N2O2. The standard InChI is InChI=1S/C17H24N2O2/c1-16(2)8-7-14(12-5-3-4-6-13(12)16)19-10-9-17(18,11-19)15(20)21/h3-6,14H,7-11,18H2,1-2H3,(H,20,21). The molecule has 0 amide bonds. The van der Waals surface area contributed by atoms with Crippen LogP contribution < -0.4 is 5.73 Å². The molecular weight excluding hydrogens is 264 g/mol. The maximum absolute atomic E-state index is 11.3. The van der Waals surface area contributed by atoms with Crippen LogP contribution in [0.2, 0.25) is 0 Å². The van der Waals surface area contributed by atoms with Crippen molar-refractivity contribution in [2.45, 2.75) is 50.1 Å². The molecule has 114 valence electrons. The van der Waals surface area contributed by atoms with Gasteiger partial charge in [0.25, 0.3) is 0 Å². The molecule has 2 atom stereocenters. The van der Waals surface area contributed by atoms with E-state index in [9.17, 15) is 9.90 Å². The Balaban J connectivity index is 1.90. The maximum atomic E-state index is 11.3. The summed E-state index contributed by atoms with van der Waals surface area (Å²) in [7, 11) is 0. The van der Waals surface area contributed by atoms with Gasteiger partial charge in [-0.1, -0.05) is 38.1 Å². The molecule has 4 heteroatoms. The van der Waals surface area contributed by atoms with Crippen LogP contribution in [0.15, 0.2) is 24.3 Å². The Morgan fingerprint density at radius 2 is 2.05 bits per heavy atom. The Hall–Kier alpha value is -1.39. The summed E-state index contributed by atoms with van der Waals surface area (Å²) in [4.78, 5) is 13.6. The van der Waals surface area contributed by atoms with Gasteiger partial charge in [-0.3, -0.25) is 9.69 Å². The van der Waals surface area contributed by atoms with Crippen molar-refractivity contribution in [1.82, 2.24) is 4.90 Å². The number of fused-ring (bicyclic) bond motifs is 1. The minimum atomic E-state index is -1.08. The van der Waals surface area contributed by atoms with E-state index in [1.165, 1.54) is 11.1 Å². The second-order valence-corrected chi connectivity index (χ2v) is 7.21. The third kappa shape index (κ3) is 2.36. The van der Waals surface area contributed by atoms with Gasteiger partial charge in [-0.2, -0.15) is 0 Å². The topological polar surface area (TPSA) is 66.6 Å². The predicted molar refractivity (Wildman–Crippen MR) is 82.2 cm³/mol. The van der Waals surface area contributed by atoms with Crippen molar-refractivity contribution in [3.05, 3.63) is 35.4 Å². The summed E-state index contributed by atoms with van der Waals surface area (Å²) < 4.78 is 0. The van der Waals surface area contributed by atoms with Crippen molar-refractivity contribution in [2.75, 3.05) is 13.1 Å². The second kappa shape index (κ2) is 4.82. The molecule has 4 nitrogen and oxygen atoms in total. The highest BCUT2D eigenvalue weighted by Crippen LogP contribution is 2.45. The number of nitrogens with two attached hydrogens (primary N) is 1. The maximum Gasteiger partial charge on any atom is 0.325 e. The highest BCUT2D eigenvalue weighted by Gasteiger charge is 2.45. The minimum absolute atomic E-state index is 0.194. The van der Waals surface area contributed by atoms with E-state index >= 15 is 0 Å². The molecule has 3 rings (SSSR count). The van der Waals surface area contributed by atoms with E-state index < -0.39 is 11.5 Å². The fourth-order valence-corrected chi connectivity index (χ4v) is 3.88. The highest BCUT2D eigenvalue weighted by atomic mass is 16.4. The Morgan fingerprint density at radius 3 is 2.71 bits per heavy atom. The summed E-state index contributed by atoms with van der Waals surface area (Å²) in [5, 5.41) is 9.32. The predicted octanol–water partition coefficient (Wildman–Crippen LogP) is 2.29. The summed E-state index contributed by atoms with van der Waals surface area (Å²) >= 11 is 0. The van der Waals surface area contributed by atoms with E-state index in [4.69, 9.17) is 5.73 Å². The summed E-state index contributed by atoms with van der Waals surface area (Å²) in [5.41, 5.74) is 7.89. The van der Waals surface area contributed by atoms with Gasteiger partial charge in [-0.25, -0.2) is 0 Å². The van der Waals surface area contributed by atoms with Crippen molar-refractivity contribution in [1.29, 1.82) is 0 Å². The lowest BCUT2D eigenvalue weighted by Gasteiger charge is -2.41. The number of carboxylic acid groups (broad SMARTS) is 1. The average molecular weight is 288 g/mol. The Kier molecular flexibility index (Phi) is 3.34. The first-order valence-electron chi connectivity index (χ1n) is 7.69. The molecule has 1 aliphatic carbocycles.